The minimum absolute atomic E-state index is 0.232. The molecule has 0 unspecified atom stereocenters. The van der Waals surface area contributed by atoms with Gasteiger partial charge >= 0.3 is 0 Å². The van der Waals surface area contributed by atoms with Crippen LogP contribution in [0.25, 0.3) is 5.57 Å². The van der Waals surface area contributed by atoms with E-state index < -0.39 is 5.91 Å². The first-order valence-electron chi connectivity index (χ1n) is 4.72. The summed E-state index contributed by atoms with van der Waals surface area (Å²) in [4.78, 5) is 14.9. The number of methoxy groups -OCH3 is 1. The normalized spacial score (nSPS) is 9.81. The van der Waals surface area contributed by atoms with Crippen LogP contribution in [0, 0.1) is 0 Å². The number of hydrogen-bond donors (Lipinski definition) is 1. The lowest BCUT2D eigenvalue weighted by molar-refractivity contribution is -0.112. The Morgan fingerprint density at radius 2 is 2.25 bits per heavy atom. The molecule has 1 heterocycles. The number of nitrogens with zero attached hydrogens (tertiary/aromatic N) is 1. The van der Waals surface area contributed by atoms with Crippen molar-refractivity contribution in [2.24, 2.45) is 5.73 Å². The second-order valence-corrected chi connectivity index (χ2v) is 3.07. The monoisotopic (exact) mass is 222 g/mol. The highest BCUT2D eigenvalue weighted by Crippen LogP contribution is 2.13. The van der Waals surface area contributed by atoms with E-state index in [2.05, 4.69) is 11.6 Å². The van der Waals surface area contributed by atoms with E-state index in [1.54, 1.807) is 19.2 Å². The Kier molecular flexibility index (Phi) is 4.47. The molecular formula is C11H14N2O3. The Bertz CT molecular complexity index is 373. The number of carbonyl (C=O) groups is 1. The predicted molar refractivity (Wildman–Crippen MR) is 59.8 cm³/mol. The second-order valence-electron chi connectivity index (χ2n) is 3.07. The van der Waals surface area contributed by atoms with Gasteiger partial charge in [0, 0.05) is 30.5 Å². The van der Waals surface area contributed by atoms with Gasteiger partial charge in [-0.1, -0.05) is 6.58 Å². The summed E-state index contributed by atoms with van der Waals surface area (Å²) < 4.78 is 10.1. The van der Waals surface area contributed by atoms with Crippen LogP contribution in [0.3, 0.4) is 0 Å². The maximum atomic E-state index is 10.8. The number of nitrogens with two attached hydrogens (primary N) is 1. The van der Waals surface area contributed by atoms with E-state index in [4.69, 9.17) is 15.2 Å². The van der Waals surface area contributed by atoms with Gasteiger partial charge in [-0.05, 0) is 6.07 Å². The number of primary amides is 1. The van der Waals surface area contributed by atoms with Gasteiger partial charge in [-0.3, -0.25) is 4.79 Å². The summed E-state index contributed by atoms with van der Waals surface area (Å²) in [7, 11) is 1.59. The lowest BCUT2D eigenvalue weighted by Crippen LogP contribution is -2.12. The molecule has 1 aromatic rings. The molecule has 0 spiro atoms. The molecule has 16 heavy (non-hydrogen) atoms. The van der Waals surface area contributed by atoms with E-state index in [-0.39, 0.29) is 5.57 Å². The Morgan fingerprint density at radius 3 is 2.75 bits per heavy atom. The zero-order valence-electron chi connectivity index (χ0n) is 9.10. The average Bonchev–Trinajstić information content (AvgIpc) is 2.29. The van der Waals surface area contributed by atoms with Crippen molar-refractivity contribution in [1.82, 2.24) is 4.98 Å². The minimum Gasteiger partial charge on any atom is -0.475 e. The third-order valence-electron chi connectivity index (χ3n) is 1.92. The fourth-order valence-electron chi connectivity index (χ4n) is 1.02. The fourth-order valence-corrected chi connectivity index (χ4v) is 1.02. The van der Waals surface area contributed by atoms with Crippen LogP contribution in [-0.2, 0) is 9.53 Å². The molecule has 0 fully saturated rings. The number of pyridine rings is 1. The highest BCUT2D eigenvalue weighted by molar-refractivity contribution is 6.17. The second kappa shape index (κ2) is 5.87. The SMILES string of the molecule is C=C(C(N)=O)c1ccc(OCCOC)nc1. The minimum atomic E-state index is -0.560. The summed E-state index contributed by atoms with van der Waals surface area (Å²) in [5.74, 6) is -0.0899. The van der Waals surface area contributed by atoms with Crippen LogP contribution in [0.15, 0.2) is 24.9 Å². The van der Waals surface area contributed by atoms with Crippen molar-refractivity contribution in [3.05, 3.63) is 30.5 Å². The van der Waals surface area contributed by atoms with E-state index >= 15 is 0 Å². The predicted octanol–water partition coefficient (Wildman–Crippen LogP) is 0.605. The molecule has 0 radical (unpaired) electrons. The van der Waals surface area contributed by atoms with Crippen LogP contribution in [-0.4, -0.2) is 31.2 Å². The lowest BCUT2D eigenvalue weighted by Gasteiger charge is -2.05. The maximum Gasteiger partial charge on any atom is 0.248 e. The third-order valence-corrected chi connectivity index (χ3v) is 1.92. The number of aromatic nitrogens is 1. The van der Waals surface area contributed by atoms with Crippen LogP contribution in [0.4, 0.5) is 0 Å². The van der Waals surface area contributed by atoms with Crippen molar-refractivity contribution in [1.29, 1.82) is 0 Å². The van der Waals surface area contributed by atoms with Gasteiger partial charge in [-0.15, -0.1) is 0 Å². The number of carbonyl (C=O) groups excluding carboxylic acids is 1. The van der Waals surface area contributed by atoms with Crippen LogP contribution >= 0.6 is 0 Å². The van der Waals surface area contributed by atoms with Gasteiger partial charge in [0.05, 0.1) is 6.61 Å². The summed E-state index contributed by atoms with van der Waals surface area (Å²) in [6, 6.07) is 3.33. The number of amides is 1. The molecule has 1 rings (SSSR count). The van der Waals surface area contributed by atoms with Crippen molar-refractivity contribution in [2.45, 2.75) is 0 Å². The van der Waals surface area contributed by atoms with Crippen molar-refractivity contribution < 1.29 is 14.3 Å². The summed E-state index contributed by atoms with van der Waals surface area (Å²) >= 11 is 0. The average molecular weight is 222 g/mol. The van der Waals surface area contributed by atoms with Crippen molar-refractivity contribution in [2.75, 3.05) is 20.3 Å². The van der Waals surface area contributed by atoms with Crippen LogP contribution in [0.2, 0.25) is 0 Å². The molecule has 0 bridgehead atoms. The van der Waals surface area contributed by atoms with Crippen molar-refractivity contribution in [3.8, 4) is 5.88 Å². The number of rotatable bonds is 6. The molecule has 0 atom stereocenters. The van der Waals surface area contributed by atoms with Gasteiger partial charge < -0.3 is 15.2 Å². The van der Waals surface area contributed by atoms with E-state index in [0.29, 0.717) is 24.7 Å². The molecule has 0 aromatic carbocycles. The Labute approximate surface area is 93.9 Å². The first-order valence-corrected chi connectivity index (χ1v) is 4.72. The zero-order chi connectivity index (χ0) is 12.0. The number of hydrogen-bond acceptors (Lipinski definition) is 4. The summed E-state index contributed by atoms with van der Waals surface area (Å²) in [5.41, 5.74) is 5.91. The Hall–Kier alpha value is -1.88. The Balaban J connectivity index is 2.61. The third kappa shape index (κ3) is 3.36. The largest absolute Gasteiger partial charge is 0.475 e. The molecule has 2 N–H and O–H groups in total. The first kappa shape index (κ1) is 12.2. The zero-order valence-corrected chi connectivity index (χ0v) is 9.10. The fraction of sp³-hybridized carbons (Fsp3) is 0.273. The van der Waals surface area contributed by atoms with E-state index in [0.717, 1.165) is 0 Å². The van der Waals surface area contributed by atoms with Crippen LogP contribution < -0.4 is 10.5 Å². The molecule has 5 heteroatoms. The maximum absolute atomic E-state index is 10.8. The van der Waals surface area contributed by atoms with Gasteiger partial charge in [0.25, 0.3) is 0 Å². The van der Waals surface area contributed by atoms with E-state index in [1.165, 1.54) is 6.20 Å². The highest BCUT2D eigenvalue weighted by atomic mass is 16.5. The molecule has 0 saturated carbocycles. The molecule has 0 aliphatic carbocycles. The molecule has 86 valence electrons. The highest BCUT2D eigenvalue weighted by Gasteiger charge is 2.05. The molecular weight excluding hydrogens is 208 g/mol. The van der Waals surface area contributed by atoms with Gasteiger partial charge in [0.15, 0.2) is 0 Å². The molecule has 0 aliphatic heterocycles. The molecule has 5 nitrogen and oxygen atoms in total. The van der Waals surface area contributed by atoms with Gasteiger partial charge in [-0.25, -0.2) is 4.98 Å². The van der Waals surface area contributed by atoms with Crippen LogP contribution in [0.1, 0.15) is 5.56 Å². The summed E-state index contributed by atoms with van der Waals surface area (Å²) in [6.45, 7) is 4.48. The topological polar surface area (TPSA) is 74.4 Å². The lowest BCUT2D eigenvalue weighted by atomic mass is 10.1. The van der Waals surface area contributed by atoms with Crippen LogP contribution in [0.5, 0.6) is 5.88 Å². The Morgan fingerprint density at radius 1 is 1.50 bits per heavy atom. The smallest absolute Gasteiger partial charge is 0.248 e. The number of ether oxygens (including phenoxy) is 2. The summed E-state index contributed by atoms with van der Waals surface area (Å²) in [5, 5.41) is 0. The standard InChI is InChI=1S/C11H14N2O3/c1-8(11(12)14)9-3-4-10(13-7-9)16-6-5-15-2/h3-4,7H,1,5-6H2,2H3,(H2,12,14). The molecule has 0 aliphatic rings. The van der Waals surface area contributed by atoms with Gasteiger partial charge in [0.1, 0.15) is 6.61 Å². The van der Waals surface area contributed by atoms with Crippen molar-refractivity contribution in [3.63, 3.8) is 0 Å². The first-order chi connectivity index (χ1) is 7.65. The van der Waals surface area contributed by atoms with Gasteiger partial charge in [0.2, 0.25) is 11.8 Å². The van der Waals surface area contributed by atoms with E-state index in [9.17, 15) is 4.79 Å². The molecule has 0 saturated heterocycles. The van der Waals surface area contributed by atoms with Gasteiger partial charge in [-0.2, -0.15) is 0 Å². The van der Waals surface area contributed by atoms with Crippen molar-refractivity contribution >= 4 is 11.5 Å². The van der Waals surface area contributed by atoms with E-state index in [1.807, 2.05) is 0 Å². The quantitative estimate of drug-likeness (QED) is 0.565. The molecule has 1 aromatic heterocycles. The summed E-state index contributed by atoms with van der Waals surface area (Å²) in [6.07, 6.45) is 1.50. The molecule has 1 amide bonds.